The molecule has 0 spiro atoms. The van der Waals surface area contributed by atoms with Gasteiger partial charge in [0.2, 0.25) is 0 Å². The van der Waals surface area contributed by atoms with Gasteiger partial charge in [0.15, 0.2) is 6.29 Å². The Labute approximate surface area is 139 Å². The Morgan fingerprint density at radius 1 is 0.636 bits per heavy atom. The van der Waals surface area contributed by atoms with Gasteiger partial charge in [-0.3, -0.25) is 0 Å². The minimum atomic E-state index is -1.16. The van der Waals surface area contributed by atoms with Crippen molar-refractivity contribution in [1.29, 1.82) is 0 Å². The second-order valence-electron chi connectivity index (χ2n) is 6.38. The molecule has 2 heteroatoms. The van der Waals surface area contributed by atoms with Crippen LogP contribution in [-0.2, 0) is 0 Å². The van der Waals surface area contributed by atoms with Crippen LogP contribution in [0.25, 0.3) is 0 Å². The van der Waals surface area contributed by atoms with Crippen LogP contribution in [0.4, 0.5) is 0 Å². The fourth-order valence-corrected chi connectivity index (χ4v) is 2.63. The summed E-state index contributed by atoms with van der Waals surface area (Å²) in [5.41, 5.74) is 0. The van der Waals surface area contributed by atoms with Gasteiger partial charge in [-0.1, -0.05) is 76.9 Å². The van der Waals surface area contributed by atoms with E-state index in [0.717, 1.165) is 6.42 Å². The lowest BCUT2D eigenvalue weighted by molar-refractivity contribution is -0.0393. The van der Waals surface area contributed by atoms with E-state index in [4.69, 9.17) is 10.2 Å². The number of unbranched alkanes of at least 4 members (excludes halogenated alkanes) is 13. The molecule has 0 aromatic rings. The first-order valence-electron chi connectivity index (χ1n) is 9.60. The molecule has 2 nitrogen and oxygen atoms in total. The van der Waals surface area contributed by atoms with Crippen LogP contribution >= 0.6 is 0 Å². The van der Waals surface area contributed by atoms with Crippen LogP contribution in [0, 0.1) is 6.42 Å². The standard InChI is InChI=1S/C20H39O2/c1-2-3-4-5-6-7-8-9-10-11-12-13-14-15-16-17-18-19-20(21)22/h9-10,18,20-22H,2-8,11-17,19H2,1H3/b10-9-. The summed E-state index contributed by atoms with van der Waals surface area (Å²) in [6, 6.07) is 0. The third kappa shape index (κ3) is 19.7. The van der Waals surface area contributed by atoms with Crippen LogP contribution in [0.3, 0.4) is 0 Å². The summed E-state index contributed by atoms with van der Waals surface area (Å²) in [6.07, 6.45) is 24.2. The maximum absolute atomic E-state index is 8.70. The molecule has 2 N–H and O–H groups in total. The number of rotatable bonds is 17. The molecular weight excluding hydrogens is 272 g/mol. The molecule has 0 saturated heterocycles. The van der Waals surface area contributed by atoms with E-state index in [1.165, 1.54) is 83.5 Å². The first-order valence-corrected chi connectivity index (χ1v) is 9.60. The molecule has 0 saturated carbocycles. The van der Waals surface area contributed by atoms with Gasteiger partial charge in [0.05, 0.1) is 0 Å². The first kappa shape index (κ1) is 21.7. The Bertz CT molecular complexity index is 224. The topological polar surface area (TPSA) is 40.5 Å². The zero-order valence-corrected chi connectivity index (χ0v) is 14.8. The third-order valence-electron chi connectivity index (χ3n) is 4.05. The highest BCUT2D eigenvalue weighted by atomic mass is 16.5. The van der Waals surface area contributed by atoms with Crippen molar-refractivity contribution in [2.24, 2.45) is 0 Å². The highest BCUT2D eigenvalue weighted by Crippen LogP contribution is 2.11. The molecule has 0 aliphatic rings. The summed E-state index contributed by atoms with van der Waals surface area (Å²) in [7, 11) is 0. The molecule has 0 rings (SSSR count). The molecule has 0 aromatic heterocycles. The molecule has 0 amide bonds. The highest BCUT2D eigenvalue weighted by Gasteiger charge is 1.97. The monoisotopic (exact) mass is 311 g/mol. The summed E-state index contributed by atoms with van der Waals surface area (Å²) in [4.78, 5) is 0. The lowest BCUT2D eigenvalue weighted by Crippen LogP contribution is -2.03. The van der Waals surface area contributed by atoms with Gasteiger partial charge in [0.1, 0.15) is 0 Å². The molecular formula is C20H39O2. The van der Waals surface area contributed by atoms with E-state index in [1.54, 1.807) is 0 Å². The van der Waals surface area contributed by atoms with Gasteiger partial charge < -0.3 is 10.2 Å². The van der Waals surface area contributed by atoms with Gasteiger partial charge in [-0.05, 0) is 38.5 Å². The Balaban J connectivity index is 3.05. The number of aliphatic hydroxyl groups excluding tert-OH is 1. The fraction of sp³-hybridized carbons (Fsp3) is 0.850. The average Bonchev–Trinajstić information content (AvgIpc) is 2.50. The molecule has 0 bridgehead atoms. The van der Waals surface area contributed by atoms with Crippen LogP contribution < -0.4 is 0 Å². The van der Waals surface area contributed by atoms with E-state index < -0.39 is 6.29 Å². The lowest BCUT2D eigenvalue weighted by atomic mass is 10.1. The van der Waals surface area contributed by atoms with Crippen molar-refractivity contribution in [3.05, 3.63) is 18.6 Å². The second kappa shape index (κ2) is 18.7. The zero-order valence-electron chi connectivity index (χ0n) is 14.8. The maximum Gasteiger partial charge on any atom is 0.151 e. The molecule has 131 valence electrons. The van der Waals surface area contributed by atoms with Crippen molar-refractivity contribution >= 4 is 0 Å². The van der Waals surface area contributed by atoms with Gasteiger partial charge in [-0.15, -0.1) is 0 Å². The van der Waals surface area contributed by atoms with Gasteiger partial charge in [0, 0.05) is 6.42 Å². The third-order valence-corrected chi connectivity index (χ3v) is 4.05. The van der Waals surface area contributed by atoms with Gasteiger partial charge in [-0.2, -0.15) is 0 Å². The Kier molecular flexibility index (Phi) is 18.4. The number of aliphatic hydroxyl groups is 2. The van der Waals surface area contributed by atoms with Crippen LogP contribution in [0.15, 0.2) is 12.2 Å². The maximum atomic E-state index is 8.70. The van der Waals surface area contributed by atoms with Crippen molar-refractivity contribution in [2.75, 3.05) is 0 Å². The molecule has 0 aliphatic carbocycles. The minimum absolute atomic E-state index is 0.406. The van der Waals surface area contributed by atoms with Crippen LogP contribution in [0.1, 0.15) is 103 Å². The van der Waals surface area contributed by atoms with E-state index >= 15 is 0 Å². The van der Waals surface area contributed by atoms with Gasteiger partial charge >= 0.3 is 0 Å². The molecule has 0 atom stereocenters. The molecule has 0 fully saturated rings. The van der Waals surface area contributed by atoms with Crippen LogP contribution in [-0.4, -0.2) is 16.5 Å². The Morgan fingerprint density at radius 2 is 1.09 bits per heavy atom. The predicted molar refractivity (Wildman–Crippen MR) is 96.6 cm³/mol. The van der Waals surface area contributed by atoms with E-state index in [9.17, 15) is 0 Å². The molecule has 0 aliphatic heterocycles. The van der Waals surface area contributed by atoms with E-state index in [1.807, 2.05) is 6.42 Å². The summed E-state index contributed by atoms with van der Waals surface area (Å²) in [5, 5.41) is 17.4. The van der Waals surface area contributed by atoms with Crippen molar-refractivity contribution in [3.8, 4) is 0 Å². The Hall–Kier alpha value is -0.340. The fourth-order valence-electron chi connectivity index (χ4n) is 2.63. The molecule has 22 heavy (non-hydrogen) atoms. The minimum Gasteiger partial charge on any atom is -0.368 e. The quantitative estimate of drug-likeness (QED) is 0.198. The zero-order chi connectivity index (χ0) is 16.3. The SMILES string of the molecule is CCCCCCCC/C=C\CCCCCCC[CH]CC(O)O. The normalized spacial score (nSPS) is 11.8. The molecule has 0 unspecified atom stereocenters. The van der Waals surface area contributed by atoms with E-state index in [-0.39, 0.29) is 0 Å². The van der Waals surface area contributed by atoms with E-state index in [0.29, 0.717) is 6.42 Å². The molecule has 1 radical (unpaired) electrons. The van der Waals surface area contributed by atoms with Crippen molar-refractivity contribution in [1.82, 2.24) is 0 Å². The summed E-state index contributed by atoms with van der Waals surface area (Å²) < 4.78 is 0. The Morgan fingerprint density at radius 3 is 1.59 bits per heavy atom. The highest BCUT2D eigenvalue weighted by molar-refractivity contribution is 4.81. The van der Waals surface area contributed by atoms with Gasteiger partial charge in [0.25, 0.3) is 0 Å². The van der Waals surface area contributed by atoms with Crippen LogP contribution in [0.5, 0.6) is 0 Å². The number of allylic oxidation sites excluding steroid dienone is 2. The second-order valence-corrected chi connectivity index (χ2v) is 6.38. The van der Waals surface area contributed by atoms with Crippen molar-refractivity contribution in [3.63, 3.8) is 0 Å². The number of hydrogen-bond acceptors (Lipinski definition) is 2. The summed E-state index contributed by atoms with van der Waals surface area (Å²) in [6.45, 7) is 2.27. The molecule has 0 heterocycles. The predicted octanol–water partition coefficient (Wildman–Crippen LogP) is 5.93. The number of hydrogen-bond donors (Lipinski definition) is 2. The summed E-state index contributed by atoms with van der Waals surface area (Å²) >= 11 is 0. The van der Waals surface area contributed by atoms with Crippen molar-refractivity contribution in [2.45, 2.75) is 110 Å². The van der Waals surface area contributed by atoms with E-state index in [2.05, 4.69) is 19.1 Å². The first-order chi connectivity index (χ1) is 10.8. The summed E-state index contributed by atoms with van der Waals surface area (Å²) in [5.74, 6) is 0. The lowest BCUT2D eigenvalue weighted by Gasteiger charge is -2.03. The van der Waals surface area contributed by atoms with Crippen LogP contribution in [0.2, 0.25) is 0 Å². The average molecular weight is 312 g/mol. The van der Waals surface area contributed by atoms with Crippen molar-refractivity contribution < 1.29 is 10.2 Å². The largest absolute Gasteiger partial charge is 0.368 e. The smallest absolute Gasteiger partial charge is 0.151 e. The van der Waals surface area contributed by atoms with Gasteiger partial charge in [-0.25, -0.2) is 0 Å². The molecule has 0 aromatic carbocycles.